The molecule has 1 atom stereocenters. The Hall–Kier alpha value is -2.41. The third-order valence-corrected chi connectivity index (χ3v) is 4.37. The Morgan fingerprint density at radius 1 is 1.25 bits per heavy atom. The predicted molar refractivity (Wildman–Crippen MR) is 88.2 cm³/mol. The molecule has 7 nitrogen and oxygen atoms in total. The van der Waals surface area contributed by atoms with E-state index in [0.29, 0.717) is 30.2 Å². The molecular weight excluding hydrogens is 330 g/mol. The van der Waals surface area contributed by atoms with Crippen molar-refractivity contribution in [2.75, 3.05) is 0 Å². The monoisotopic (exact) mass is 347 g/mol. The Bertz CT molecular complexity index is 774. The van der Waals surface area contributed by atoms with E-state index in [1.54, 1.807) is 6.07 Å². The van der Waals surface area contributed by atoms with Crippen LogP contribution in [0.2, 0.25) is 5.02 Å². The summed E-state index contributed by atoms with van der Waals surface area (Å²) >= 11 is 6.11. The van der Waals surface area contributed by atoms with Crippen LogP contribution in [0, 0.1) is 0 Å². The second-order valence-corrected chi connectivity index (χ2v) is 6.08. The number of aromatic nitrogens is 3. The number of benzene rings is 1. The van der Waals surface area contributed by atoms with Crippen LogP contribution in [-0.2, 0) is 29.1 Å². The highest BCUT2D eigenvalue weighted by molar-refractivity contribution is 6.31. The molecular formula is C16H18ClN5O2. The number of hydrogen-bond acceptors (Lipinski definition) is 4. The molecule has 1 aromatic carbocycles. The summed E-state index contributed by atoms with van der Waals surface area (Å²) in [6.45, 7) is 2.07. The van der Waals surface area contributed by atoms with Crippen LogP contribution in [-0.4, -0.2) is 26.6 Å². The fourth-order valence-electron chi connectivity index (χ4n) is 2.80. The second kappa shape index (κ2) is 7.00. The van der Waals surface area contributed by atoms with Crippen molar-refractivity contribution in [2.45, 2.75) is 38.9 Å². The van der Waals surface area contributed by atoms with Crippen LogP contribution in [0.25, 0.3) is 0 Å². The molecule has 2 amide bonds. The number of rotatable bonds is 5. The summed E-state index contributed by atoms with van der Waals surface area (Å²) in [4.78, 5) is 23.6. The number of aryl methyl sites for hydroxylation is 1. The van der Waals surface area contributed by atoms with Crippen molar-refractivity contribution in [3.05, 3.63) is 46.5 Å². The molecule has 1 unspecified atom stereocenters. The average Bonchev–Trinajstić information content (AvgIpc) is 3.14. The molecule has 8 heteroatoms. The quantitative estimate of drug-likeness (QED) is 0.855. The molecule has 2 N–H and O–H groups in total. The summed E-state index contributed by atoms with van der Waals surface area (Å²) in [6, 6.07) is 7.04. The Morgan fingerprint density at radius 2 is 2.04 bits per heavy atom. The summed E-state index contributed by atoms with van der Waals surface area (Å²) in [5.74, 6) is 1.12. The number of halogens is 1. The van der Waals surface area contributed by atoms with E-state index in [4.69, 9.17) is 11.6 Å². The standard InChI is InChI=1S/C16H18ClN5O2/c1-10(23)18-9-15-21-20-14-7-6-13(22(14)15)16(24)19-8-11-4-2-3-5-12(11)17/h2-5,13H,6-9H2,1H3,(H,18,23)(H,19,24). The van der Waals surface area contributed by atoms with Crippen LogP contribution in [0.4, 0.5) is 0 Å². The molecule has 1 aliphatic rings. The van der Waals surface area contributed by atoms with Crippen LogP contribution < -0.4 is 10.6 Å². The van der Waals surface area contributed by atoms with Crippen molar-refractivity contribution >= 4 is 23.4 Å². The van der Waals surface area contributed by atoms with Gasteiger partial charge < -0.3 is 15.2 Å². The smallest absolute Gasteiger partial charge is 0.243 e. The first-order valence-electron chi connectivity index (χ1n) is 7.74. The molecule has 1 aliphatic heterocycles. The number of hydrogen-bond donors (Lipinski definition) is 2. The number of nitrogens with zero attached hydrogens (tertiary/aromatic N) is 3. The Balaban J connectivity index is 1.69. The third kappa shape index (κ3) is 3.41. The van der Waals surface area contributed by atoms with Gasteiger partial charge in [0.1, 0.15) is 11.9 Å². The fraction of sp³-hybridized carbons (Fsp3) is 0.375. The van der Waals surface area contributed by atoms with Gasteiger partial charge >= 0.3 is 0 Å². The van der Waals surface area contributed by atoms with Gasteiger partial charge in [0.05, 0.1) is 6.54 Å². The molecule has 0 bridgehead atoms. The van der Waals surface area contributed by atoms with Gasteiger partial charge in [-0.25, -0.2) is 0 Å². The summed E-state index contributed by atoms with van der Waals surface area (Å²) in [6.07, 6.45) is 1.36. The van der Waals surface area contributed by atoms with Gasteiger partial charge in [-0.1, -0.05) is 29.8 Å². The lowest BCUT2D eigenvalue weighted by Gasteiger charge is -2.16. The number of carbonyl (C=O) groups excluding carboxylic acids is 2. The van der Waals surface area contributed by atoms with Gasteiger partial charge in [-0.15, -0.1) is 10.2 Å². The van der Waals surface area contributed by atoms with Crippen LogP contribution >= 0.6 is 11.6 Å². The minimum atomic E-state index is -0.360. The SMILES string of the molecule is CC(=O)NCc1nnc2n1C(C(=O)NCc1ccccc1Cl)CC2. The summed E-state index contributed by atoms with van der Waals surface area (Å²) < 4.78 is 1.82. The Morgan fingerprint density at radius 3 is 2.79 bits per heavy atom. The van der Waals surface area contributed by atoms with Crippen molar-refractivity contribution in [3.8, 4) is 0 Å². The van der Waals surface area contributed by atoms with Gasteiger partial charge in [-0.3, -0.25) is 9.59 Å². The Labute approximate surface area is 144 Å². The molecule has 0 spiro atoms. The number of fused-ring (bicyclic) bond motifs is 1. The van der Waals surface area contributed by atoms with Crippen molar-refractivity contribution in [1.82, 2.24) is 25.4 Å². The third-order valence-electron chi connectivity index (χ3n) is 4.00. The molecule has 3 rings (SSSR count). The van der Waals surface area contributed by atoms with Crippen molar-refractivity contribution in [3.63, 3.8) is 0 Å². The van der Waals surface area contributed by atoms with E-state index in [9.17, 15) is 9.59 Å². The highest BCUT2D eigenvalue weighted by Crippen LogP contribution is 2.26. The minimum Gasteiger partial charge on any atom is -0.350 e. The van der Waals surface area contributed by atoms with E-state index in [1.165, 1.54) is 6.92 Å². The molecule has 0 saturated heterocycles. The minimum absolute atomic E-state index is 0.0995. The zero-order valence-electron chi connectivity index (χ0n) is 13.3. The van der Waals surface area contributed by atoms with E-state index in [1.807, 2.05) is 22.8 Å². The lowest BCUT2D eigenvalue weighted by atomic mass is 10.2. The lowest BCUT2D eigenvalue weighted by Crippen LogP contribution is -2.32. The summed E-state index contributed by atoms with van der Waals surface area (Å²) in [5.41, 5.74) is 0.868. The van der Waals surface area contributed by atoms with E-state index in [2.05, 4.69) is 20.8 Å². The summed E-state index contributed by atoms with van der Waals surface area (Å²) in [5, 5.41) is 14.4. The lowest BCUT2D eigenvalue weighted by molar-refractivity contribution is -0.124. The fourth-order valence-corrected chi connectivity index (χ4v) is 3.00. The molecule has 0 saturated carbocycles. The van der Waals surface area contributed by atoms with E-state index < -0.39 is 0 Å². The zero-order chi connectivity index (χ0) is 17.1. The molecule has 126 valence electrons. The highest BCUT2D eigenvalue weighted by atomic mass is 35.5. The van der Waals surface area contributed by atoms with E-state index in [-0.39, 0.29) is 24.4 Å². The van der Waals surface area contributed by atoms with Gasteiger partial charge in [-0.05, 0) is 18.1 Å². The molecule has 24 heavy (non-hydrogen) atoms. The molecule has 0 radical (unpaired) electrons. The number of amides is 2. The number of nitrogens with one attached hydrogen (secondary N) is 2. The van der Waals surface area contributed by atoms with Crippen molar-refractivity contribution in [1.29, 1.82) is 0 Å². The van der Waals surface area contributed by atoms with Crippen molar-refractivity contribution in [2.24, 2.45) is 0 Å². The second-order valence-electron chi connectivity index (χ2n) is 5.68. The van der Waals surface area contributed by atoms with E-state index >= 15 is 0 Å². The zero-order valence-corrected chi connectivity index (χ0v) is 14.0. The first kappa shape index (κ1) is 16.4. The first-order chi connectivity index (χ1) is 11.6. The maximum atomic E-state index is 12.6. The molecule has 1 aromatic heterocycles. The van der Waals surface area contributed by atoms with Crippen LogP contribution in [0.15, 0.2) is 24.3 Å². The predicted octanol–water partition coefficient (Wildman–Crippen LogP) is 1.37. The molecule has 2 aromatic rings. The Kier molecular flexibility index (Phi) is 4.80. The highest BCUT2D eigenvalue weighted by Gasteiger charge is 2.32. The maximum absolute atomic E-state index is 12.6. The van der Waals surface area contributed by atoms with Gasteiger partial charge in [0.2, 0.25) is 11.8 Å². The summed E-state index contributed by atoms with van der Waals surface area (Å²) in [7, 11) is 0. The van der Waals surface area contributed by atoms with E-state index in [0.717, 1.165) is 11.4 Å². The van der Waals surface area contributed by atoms with Gasteiger partial charge in [-0.2, -0.15) is 0 Å². The van der Waals surface area contributed by atoms with Crippen LogP contribution in [0.3, 0.4) is 0 Å². The molecule has 0 aliphatic carbocycles. The largest absolute Gasteiger partial charge is 0.350 e. The van der Waals surface area contributed by atoms with Gasteiger partial charge in [0.25, 0.3) is 0 Å². The average molecular weight is 348 g/mol. The maximum Gasteiger partial charge on any atom is 0.243 e. The van der Waals surface area contributed by atoms with Gasteiger partial charge in [0.15, 0.2) is 5.82 Å². The van der Waals surface area contributed by atoms with Crippen molar-refractivity contribution < 1.29 is 9.59 Å². The van der Waals surface area contributed by atoms with Gasteiger partial charge in [0, 0.05) is 24.9 Å². The molecule has 2 heterocycles. The normalized spacial score (nSPS) is 15.8. The first-order valence-corrected chi connectivity index (χ1v) is 8.12. The molecule has 0 fully saturated rings. The van der Waals surface area contributed by atoms with Crippen LogP contribution in [0.1, 0.15) is 36.6 Å². The van der Waals surface area contributed by atoms with Crippen LogP contribution in [0.5, 0.6) is 0 Å². The number of carbonyl (C=O) groups is 2. The topological polar surface area (TPSA) is 88.9 Å².